The average molecular weight is 594 g/mol. The highest BCUT2D eigenvalue weighted by atomic mass is 35.5. The fraction of sp³-hybridized carbons (Fsp3) is 0.345. The minimum absolute atomic E-state index is 0.0222. The Balaban J connectivity index is 1.43. The largest absolute Gasteiger partial charge is 0.379 e. The molecule has 1 aromatic heterocycles. The Labute approximate surface area is 248 Å². The molecule has 42 heavy (non-hydrogen) atoms. The van der Waals surface area contributed by atoms with E-state index in [0.717, 1.165) is 13.1 Å². The Morgan fingerprint density at radius 3 is 2.55 bits per heavy atom. The molecule has 1 saturated heterocycles. The lowest BCUT2D eigenvalue weighted by atomic mass is 9.99. The van der Waals surface area contributed by atoms with E-state index in [1.54, 1.807) is 42.5 Å². The van der Waals surface area contributed by atoms with Gasteiger partial charge in [-0.2, -0.15) is 4.68 Å². The quantitative estimate of drug-likeness (QED) is 0.223. The van der Waals surface area contributed by atoms with E-state index >= 15 is 0 Å². The van der Waals surface area contributed by atoms with Crippen LogP contribution in [0.25, 0.3) is 11.8 Å². The number of morpholine rings is 1. The molecule has 0 saturated carbocycles. The predicted octanol–water partition coefficient (Wildman–Crippen LogP) is 1.67. The van der Waals surface area contributed by atoms with Gasteiger partial charge in [0, 0.05) is 54.8 Å². The normalized spacial score (nSPS) is 14.4. The molecule has 220 valence electrons. The average Bonchev–Trinajstić information content (AvgIpc) is 3.51. The summed E-state index contributed by atoms with van der Waals surface area (Å²) in [6.45, 7) is 5.44. The maximum absolute atomic E-state index is 13.3. The van der Waals surface area contributed by atoms with Crippen LogP contribution in [0.2, 0.25) is 5.02 Å². The molecule has 0 aliphatic carbocycles. The Bertz CT molecular complexity index is 1420. The molecule has 12 nitrogen and oxygen atoms in total. The molecular weight excluding hydrogens is 562 g/mol. The van der Waals surface area contributed by atoms with Gasteiger partial charge in [0.25, 0.3) is 0 Å². The lowest BCUT2D eigenvalue weighted by Gasteiger charge is -2.26. The van der Waals surface area contributed by atoms with E-state index in [1.165, 1.54) is 30.1 Å². The van der Waals surface area contributed by atoms with Crippen molar-refractivity contribution in [2.24, 2.45) is 0 Å². The van der Waals surface area contributed by atoms with E-state index in [2.05, 4.69) is 31.1 Å². The van der Waals surface area contributed by atoms with Gasteiger partial charge in [-0.1, -0.05) is 35.9 Å². The highest BCUT2D eigenvalue weighted by molar-refractivity contribution is 6.30. The molecule has 2 heterocycles. The number of rotatable bonds is 13. The van der Waals surface area contributed by atoms with E-state index in [9.17, 15) is 19.2 Å². The monoisotopic (exact) mass is 593 g/mol. The number of nitrogens with zero attached hydrogens (tertiary/aromatic N) is 5. The zero-order valence-electron chi connectivity index (χ0n) is 23.2. The summed E-state index contributed by atoms with van der Waals surface area (Å²) in [4.78, 5) is 52.8. The zero-order chi connectivity index (χ0) is 29.9. The van der Waals surface area contributed by atoms with Gasteiger partial charge in [0.15, 0.2) is 11.6 Å². The van der Waals surface area contributed by atoms with Gasteiger partial charge in [0.05, 0.1) is 31.4 Å². The SMILES string of the molecule is CC(=O)c1ccc(CC(=O)[C@H](CC(=O)NCCN2CCOCC2)NC(=O)/C=C/c2cc(Cl)ccc2-n2cnnn2)cc1. The van der Waals surface area contributed by atoms with Crippen LogP contribution in [0.15, 0.2) is 54.9 Å². The molecule has 13 heteroatoms. The Morgan fingerprint density at radius 2 is 1.86 bits per heavy atom. The van der Waals surface area contributed by atoms with Crippen molar-refractivity contribution in [1.82, 2.24) is 35.7 Å². The maximum atomic E-state index is 13.3. The molecular formula is C29H32ClN7O5. The number of benzene rings is 2. The van der Waals surface area contributed by atoms with Crippen molar-refractivity contribution in [3.63, 3.8) is 0 Å². The molecule has 0 unspecified atom stereocenters. The van der Waals surface area contributed by atoms with E-state index in [0.29, 0.717) is 53.7 Å². The molecule has 0 spiro atoms. The summed E-state index contributed by atoms with van der Waals surface area (Å²) in [5.74, 6) is -1.34. The fourth-order valence-electron chi connectivity index (χ4n) is 4.39. The summed E-state index contributed by atoms with van der Waals surface area (Å²) in [5, 5.41) is 17.1. The van der Waals surface area contributed by atoms with Crippen molar-refractivity contribution in [1.29, 1.82) is 0 Å². The zero-order valence-corrected chi connectivity index (χ0v) is 23.9. The first-order chi connectivity index (χ1) is 20.3. The predicted molar refractivity (Wildman–Crippen MR) is 155 cm³/mol. The van der Waals surface area contributed by atoms with Crippen LogP contribution in [0.4, 0.5) is 0 Å². The summed E-state index contributed by atoms with van der Waals surface area (Å²) >= 11 is 6.16. The summed E-state index contributed by atoms with van der Waals surface area (Å²) < 4.78 is 6.77. The summed E-state index contributed by atoms with van der Waals surface area (Å²) in [5.41, 5.74) is 2.36. The molecule has 2 N–H and O–H groups in total. The van der Waals surface area contributed by atoms with Crippen LogP contribution >= 0.6 is 11.6 Å². The standard InChI is InChI=1S/C29H32ClN7O5/c1-20(38)22-4-2-21(3-5-22)16-27(39)25(18-29(41)31-10-11-36-12-14-42-15-13-36)33-28(40)9-6-23-17-24(30)7-8-26(23)37-19-32-34-35-37/h2-9,17,19,25H,10-16,18H2,1H3,(H,31,41)(H,33,40)/b9-6+/t25-/m0/s1. The van der Waals surface area contributed by atoms with Crippen molar-refractivity contribution in [2.45, 2.75) is 25.8 Å². The second-order valence-electron chi connectivity index (χ2n) is 9.76. The Morgan fingerprint density at radius 1 is 1.10 bits per heavy atom. The van der Waals surface area contributed by atoms with E-state index in [4.69, 9.17) is 16.3 Å². The van der Waals surface area contributed by atoms with E-state index in [-0.39, 0.29) is 30.3 Å². The molecule has 4 rings (SSSR count). The maximum Gasteiger partial charge on any atom is 0.244 e. The van der Waals surface area contributed by atoms with Crippen LogP contribution in [0.1, 0.15) is 34.8 Å². The third kappa shape index (κ3) is 9.13. The fourth-order valence-corrected chi connectivity index (χ4v) is 4.57. The van der Waals surface area contributed by atoms with Crippen molar-refractivity contribution in [3.8, 4) is 5.69 Å². The molecule has 1 aliphatic heterocycles. The summed E-state index contributed by atoms with van der Waals surface area (Å²) in [6.07, 6.45) is 3.96. The third-order valence-electron chi connectivity index (χ3n) is 6.69. The van der Waals surface area contributed by atoms with Gasteiger partial charge < -0.3 is 15.4 Å². The van der Waals surface area contributed by atoms with Crippen LogP contribution in [-0.4, -0.2) is 93.9 Å². The molecule has 1 fully saturated rings. The number of hydrogen-bond donors (Lipinski definition) is 2. The molecule has 2 aromatic carbocycles. The van der Waals surface area contributed by atoms with E-state index in [1.807, 2.05) is 0 Å². The first-order valence-corrected chi connectivity index (χ1v) is 13.9. The minimum Gasteiger partial charge on any atom is -0.379 e. The van der Waals surface area contributed by atoms with Crippen LogP contribution in [0.3, 0.4) is 0 Å². The molecule has 0 bridgehead atoms. The highest BCUT2D eigenvalue weighted by Crippen LogP contribution is 2.20. The molecule has 1 atom stereocenters. The second kappa shape index (κ2) is 15.1. The number of aromatic nitrogens is 4. The van der Waals surface area contributed by atoms with Gasteiger partial charge in [-0.05, 0) is 47.2 Å². The third-order valence-corrected chi connectivity index (χ3v) is 6.92. The first kappa shape index (κ1) is 30.7. The smallest absolute Gasteiger partial charge is 0.244 e. The first-order valence-electron chi connectivity index (χ1n) is 13.5. The van der Waals surface area contributed by atoms with Crippen LogP contribution in [-0.2, 0) is 25.5 Å². The topological polar surface area (TPSA) is 148 Å². The summed E-state index contributed by atoms with van der Waals surface area (Å²) in [7, 11) is 0. The van der Waals surface area contributed by atoms with Gasteiger partial charge in [-0.3, -0.25) is 24.1 Å². The number of hydrogen-bond acceptors (Lipinski definition) is 9. The van der Waals surface area contributed by atoms with Gasteiger partial charge in [-0.15, -0.1) is 5.10 Å². The number of ketones is 2. The number of ether oxygens (including phenoxy) is 1. The van der Waals surface area contributed by atoms with Gasteiger partial charge in [0.1, 0.15) is 6.33 Å². The second-order valence-corrected chi connectivity index (χ2v) is 10.2. The van der Waals surface area contributed by atoms with Gasteiger partial charge >= 0.3 is 0 Å². The van der Waals surface area contributed by atoms with Crippen molar-refractivity contribution in [3.05, 3.63) is 76.6 Å². The number of Topliss-reactive ketones (excluding diaryl/α,β-unsaturated/α-hetero) is 2. The number of halogens is 1. The lowest BCUT2D eigenvalue weighted by Crippen LogP contribution is -2.46. The lowest BCUT2D eigenvalue weighted by molar-refractivity contribution is -0.129. The highest BCUT2D eigenvalue weighted by Gasteiger charge is 2.24. The number of amides is 2. The summed E-state index contributed by atoms with van der Waals surface area (Å²) in [6, 6.07) is 10.6. The molecule has 1 aliphatic rings. The molecule has 2 amide bonds. The number of carbonyl (C=O) groups is 4. The Hall–Kier alpha value is -4.26. The molecule has 0 radical (unpaired) electrons. The van der Waals surface area contributed by atoms with Crippen LogP contribution in [0.5, 0.6) is 0 Å². The molecule has 3 aromatic rings. The number of tetrazole rings is 1. The van der Waals surface area contributed by atoms with Crippen molar-refractivity contribution >= 4 is 41.1 Å². The van der Waals surface area contributed by atoms with Gasteiger partial charge in [0.2, 0.25) is 11.8 Å². The van der Waals surface area contributed by atoms with Crippen LogP contribution in [0, 0.1) is 0 Å². The van der Waals surface area contributed by atoms with E-state index < -0.39 is 11.9 Å². The van der Waals surface area contributed by atoms with Crippen molar-refractivity contribution in [2.75, 3.05) is 39.4 Å². The van der Waals surface area contributed by atoms with Gasteiger partial charge in [-0.25, -0.2) is 0 Å². The van der Waals surface area contributed by atoms with Crippen molar-refractivity contribution < 1.29 is 23.9 Å². The number of carbonyl (C=O) groups excluding carboxylic acids is 4. The number of nitrogens with one attached hydrogen (secondary N) is 2. The van der Waals surface area contributed by atoms with Crippen LogP contribution < -0.4 is 10.6 Å². The Kier molecular flexibility index (Phi) is 11.0. The minimum atomic E-state index is -1.07.